The fourth-order valence-electron chi connectivity index (χ4n) is 2.43. The molecule has 0 atom stereocenters. The summed E-state index contributed by atoms with van der Waals surface area (Å²) in [5, 5.41) is 0.433. The van der Waals surface area contributed by atoms with E-state index in [2.05, 4.69) is 0 Å². The Balaban J connectivity index is 1.82. The maximum atomic E-state index is 13.0. The highest BCUT2D eigenvalue weighted by Gasteiger charge is 2.49. The Labute approximate surface area is 114 Å². The summed E-state index contributed by atoms with van der Waals surface area (Å²) in [5.74, 6) is -2.22. The number of nitrogens with zero attached hydrogens (tertiary/aromatic N) is 1. The van der Waals surface area contributed by atoms with Gasteiger partial charge in [-0.3, -0.25) is 9.59 Å². The van der Waals surface area contributed by atoms with Gasteiger partial charge in [0.1, 0.15) is 6.67 Å². The topological polar surface area (TPSA) is 63.7 Å². The van der Waals surface area contributed by atoms with Gasteiger partial charge in [0.05, 0.1) is 16.5 Å². The molecular formula is C14H12FNO4. The van der Waals surface area contributed by atoms with Crippen molar-refractivity contribution in [1.82, 2.24) is 5.06 Å². The van der Waals surface area contributed by atoms with Gasteiger partial charge in [-0.25, -0.2) is 9.18 Å². The molecule has 1 aliphatic carbocycles. The van der Waals surface area contributed by atoms with Crippen LogP contribution in [0.5, 0.6) is 0 Å². The van der Waals surface area contributed by atoms with Crippen molar-refractivity contribution in [2.75, 3.05) is 6.67 Å². The third-order valence-corrected chi connectivity index (χ3v) is 3.93. The first-order chi connectivity index (χ1) is 9.59. The molecule has 1 aliphatic heterocycles. The molecule has 104 valence electrons. The van der Waals surface area contributed by atoms with E-state index in [0.717, 1.165) is 6.42 Å². The van der Waals surface area contributed by atoms with Gasteiger partial charge in [-0.15, -0.1) is 0 Å². The number of imide groups is 1. The summed E-state index contributed by atoms with van der Waals surface area (Å²) in [4.78, 5) is 40.8. The highest BCUT2D eigenvalue weighted by Crippen LogP contribution is 2.43. The normalized spacial score (nSPS) is 19.6. The molecule has 0 radical (unpaired) electrons. The van der Waals surface area contributed by atoms with Crippen molar-refractivity contribution in [3.63, 3.8) is 0 Å². The Morgan fingerprint density at radius 2 is 1.75 bits per heavy atom. The third kappa shape index (κ3) is 1.64. The van der Waals surface area contributed by atoms with Crippen LogP contribution in [-0.4, -0.2) is 29.5 Å². The summed E-state index contributed by atoms with van der Waals surface area (Å²) < 4.78 is 13.0. The van der Waals surface area contributed by atoms with E-state index in [1.807, 2.05) is 0 Å². The average Bonchev–Trinajstić information content (AvgIpc) is 2.64. The molecule has 2 amide bonds. The van der Waals surface area contributed by atoms with E-state index in [0.29, 0.717) is 17.9 Å². The summed E-state index contributed by atoms with van der Waals surface area (Å²) in [5.41, 5.74) is -0.809. The second kappa shape index (κ2) is 4.40. The number of amides is 2. The molecule has 0 aromatic heterocycles. The van der Waals surface area contributed by atoms with Crippen LogP contribution in [0.25, 0.3) is 0 Å². The van der Waals surface area contributed by atoms with Gasteiger partial charge in [0.15, 0.2) is 0 Å². The van der Waals surface area contributed by atoms with Crippen LogP contribution in [0.2, 0.25) is 0 Å². The molecule has 6 heteroatoms. The lowest BCUT2D eigenvalue weighted by Crippen LogP contribution is -2.45. The lowest BCUT2D eigenvalue weighted by Gasteiger charge is -2.36. The van der Waals surface area contributed by atoms with Crippen LogP contribution in [0.15, 0.2) is 24.3 Å². The number of carbonyl (C=O) groups excluding carboxylic acids is 3. The first-order valence-corrected chi connectivity index (χ1v) is 6.35. The van der Waals surface area contributed by atoms with E-state index < -0.39 is 29.9 Å². The van der Waals surface area contributed by atoms with Gasteiger partial charge >= 0.3 is 5.97 Å². The largest absolute Gasteiger partial charge is 0.341 e. The quantitative estimate of drug-likeness (QED) is 0.791. The molecule has 3 rings (SSSR count). The monoisotopic (exact) mass is 277 g/mol. The summed E-state index contributed by atoms with van der Waals surface area (Å²) >= 11 is 0. The summed E-state index contributed by atoms with van der Waals surface area (Å²) in [6.45, 7) is -0.838. The summed E-state index contributed by atoms with van der Waals surface area (Å²) in [7, 11) is 0. The molecule has 1 saturated carbocycles. The predicted octanol–water partition coefficient (Wildman–Crippen LogP) is 1.88. The van der Waals surface area contributed by atoms with E-state index in [-0.39, 0.29) is 11.1 Å². The first-order valence-electron chi connectivity index (χ1n) is 6.35. The lowest BCUT2D eigenvalue weighted by atomic mass is 9.70. The van der Waals surface area contributed by atoms with Gasteiger partial charge < -0.3 is 4.84 Å². The number of fused-ring (bicyclic) bond motifs is 1. The van der Waals surface area contributed by atoms with Crippen LogP contribution in [0.4, 0.5) is 4.39 Å². The molecule has 0 spiro atoms. The zero-order chi connectivity index (χ0) is 14.3. The second-order valence-electron chi connectivity index (χ2n) is 5.10. The minimum atomic E-state index is -1.19. The number of benzene rings is 1. The number of alkyl halides is 1. The van der Waals surface area contributed by atoms with Crippen LogP contribution in [-0.2, 0) is 9.63 Å². The van der Waals surface area contributed by atoms with Gasteiger partial charge in [0.2, 0.25) is 0 Å². The Bertz CT molecular complexity index is 568. The molecule has 1 fully saturated rings. The Morgan fingerprint density at radius 3 is 2.15 bits per heavy atom. The number of carbonyl (C=O) groups is 3. The molecule has 5 nitrogen and oxygen atoms in total. The molecule has 20 heavy (non-hydrogen) atoms. The maximum absolute atomic E-state index is 13.0. The van der Waals surface area contributed by atoms with E-state index in [4.69, 9.17) is 4.84 Å². The van der Waals surface area contributed by atoms with Crippen molar-refractivity contribution < 1.29 is 23.6 Å². The molecule has 0 saturated heterocycles. The molecule has 1 aromatic rings. The van der Waals surface area contributed by atoms with Crippen molar-refractivity contribution in [2.24, 2.45) is 5.41 Å². The molecule has 1 heterocycles. The molecular weight excluding hydrogens is 265 g/mol. The van der Waals surface area contributed by atoms with Crippen LogP contribution < -0.4 is 0 Å². The Kier molecular flexibility index (Phi) is 2.81. The van der Waals surface area contributed by atoms with Crippen LogP contribution in [0, 0.1) is 5.41 Å². The van der Waals surface area contributed by atoms with E-state index in [9.17, 15) is 18.8 Å². The summed E-state index contributed by atoms with van der Waals surface area (Å²) in [6, 6.07) is 6.20. The molecule has 0 N–H and O–H groups in total. The van der Waals surface area contributed by atoms with Crippen molar-refractivity contribution in [3.8, 4) is 0 Å². The fraction of sp³-hybridized carbons (Fsp3) is 0.357. The predicted molar refractivity (Wildman–Crippen MR) is 65.3 cm³/mol. The highest BCUT2D eigenvalue weighted by atomic mass is 19.1. The van der Waals surface area contributed by atoms with Crippen LogP contribution >= 0.6 is 0 Å². The number of rotatable bonds is 3. The van der Waals surface area contributed by atoms with Crippen LogP contribution in [0.1, 0.15) is 40.0 Å². The summed E-state index contributed by atoms with van der Waals surface area (Å²) in [6.07, 6.45) is 1.50. The minimum Gasteiger partial charge on any atom is -0.329 e. The van der Waals surface area contributed by atoms with Gasteiger partial charge in [0, 0.05) is 0 Å². The van der Waals surface area contributed by atoms with Crippen molar-refractivity contribution in [1.29, 1.82) is 0 Å². The third-order valence-electron chi connectivity index (χ3n) is 3.93. The fourth-order valence-corrected chi connectivity index (χ4v) is 2.43. The van der Waals surface area contributed by atoms with E-state index >= 15 is 0 Å². The van der Waals surface area contributed by atoms with Gasteiger partial charge in [-0.2, -0.15) is 0 Å². The molecule has 0 bridgehead atoms. The van der Waals surface area contributed by atoms with E-state index in [1.54, 1.807) is 12.1 Å². The number of hydroxylamine groups is 2. The standard InChI is InChI=1S/C14H12FNO4/c15-8-14(6-3-7-14)13(19)20-16-11(17)9-4-1-2-5-10(9)12(16)18/h1-2,4-5H,3,6-8H2. The van der Waals surface area contributed by atoms with Crippen molar-refractivity contribution in [3.05, 3.63) is 35.4 Å². The Morgan fingerprint density at radius 1 is 1.20 bits per heavy atom. The number of hydrogen-bond acceptors (Lipinski definition) is 4. The van der Waals surface area contributed by atoms with Crippen molar-refractivity contribution >= 4 is 17.8 Å². The van der Waals surface area contributed by atoms with Gasteiger partial charge in [-0.1, -0.05) is 23.6 Å². The van der Waals surface area contributed by atoms with Gasteiger partial charge in [-0.05, 0) is 25.0 Å². The van der Waals surface area contributed by atoms with E-state index in [1.165, 1.54) is 12.1 Å². The number of hydrogen-bond donors (Lipinski definition) is 0. The first kappa shape index (κ1) is 12.8. The zero-order valence-electron chi connectivity index (χ0n) is 10.6. The Hall–Kier alpha value is -2.24. The highest BCUT2D eigenvalue weighted by molar-refractivity contribution is 6.20. The molecule has 1 aromatic carbocycles. The average molecular weight is 277 g/mol. The lowest BCUT2D eigenvalue weighted by molar-refractivity contribution is -0.188. The minimum absolute atomic E-state index is 0.188. The molecule has 0 unspecified atom stereocenters. The number of halogens is 1. The SMILES string of the molecule is O=C1c2ccccc2C(=O)N1OC(=O)C1(CF)CCC1. The zero-order valence-corrected chi connectivity index (χ0v) is 10.6. The van der Waals surface area contributed by atoms with Gasteiger partial charge in [0.25, 0.3) is 11.8 Å². The second-order valence-corrected chi connectivity index (χ2v) is 5.10. The van der Waals surface area contributed by atoms with Crippen LogP contribution in [0.3, 0.4) is 0 Å². The maximum Gasteiger partial charge on any atom is 0.341 e. The van der Waals surface area contributed by atoms with Crippen molar-refractivity contribution in [2.45, 2.75) is 19.3 Å². The smallest absolute Gasteiger partial charge is 0.329 e. The molecule has 2 aliphatic rings.